The fraction of sp³-hybridized carbons (Fsp3) is 0.444. The van der Waals surface area contributed by atoms with Crippen LogP contribution in [-0.2, 0) is 21.4 Å². The third-order valence-electron chi connectivity index (χ3n) is 6.73. The highest BCUT2D eigenvalue weighted by molar-refractivity contribution is 7.90. The van der Waals surface area contributed by atoms with Crippen LogP contribution in [-0.4, -0.2) is 49.6 Å². The molecule has 7 heteroatoms. The van der Waals surface area contributed by atoms with Gasteiger partial charge in [-0.1, -0.05) is 54.6 Å². The van der Waals surface area contributed by atoms with Crippen molar-refractivity contribution in [1.82, 2.24) is 14.9 Å². The molecule has 0 bridgehead atoms. The number of sulfonamides is 1. The summed E-state index contributed by atoms with van der Waals surface area (Å²) in [6.07, 6.45) is 6.49. The molecule has 0 unspecified atom stereocenters. The number of hydrogen-bond acceptors (Lipinski definition) is 5. The van der Waals surface area contributed by atoms with E-state index in [-0.39, 0.29) is 0 Å². The van der Waals surface area contributed by atoms with Gasteiger partial charge >= 0.3 is 0 Å². The smallest absolute Gasteiger partial charge is 0.257 e. The van der Waals surface area contributed by atoms with Gasteiger partial charge in [-0.2, -0.15) is 0 Å². The van der Waals surface area contributed by atoms with Crippen LogP contribution in [0, 0.1) is 0 Å². The number of nitrogens with one attached hydrogen (secondary N) is 2. The second kappa shape index (κ2) is 10.8. The molecule has 2 aromatic rings. The molecule has 0 radical (unpaired) electrons. The minimum Gasteiger partial charge on any atom is -0.311 e. The van der Waals surface area contributed by atoms with Gasteiger partial charge in [0.05, 0.1) is 5.25 Å². The highest BCUT2D eigenvalue weighted by atomic mass is 32.2. The minimum absolute atomic E-state index is 0.605. The molecular weight excluding hydrogens is 446 g/mol. The Morgan fingerprint density at radius 2 is 1.74 bits per heavy atom. The Morgan fingerprint density at radius 1 is 1.06 bits per heavy atom. The number of rotatable bonds is 9. The van der Waals surface area contributed by atoms with E-state index in [9.17, 15) is 13.2 Å². The van der Waals surface area contributed by atoms with Crippen LogP contribution in [0.15, 0.2) is 60.7 Å². The van der Waals surface area contributed by atoms with Crippen molar-refractivity contribution in [2.75, 3.05) is 13.1 Å². The molecular formula is C27H35N3O3S. The lowest BCUT2D eigenvalue weighted by atomic mass is 10.0. The van der Waals surface area contributed by atoms with Gasteiger partial charge in [-0.25, -0.2) is 13.1 Å². The minimum atomic E-state index is -3.61. The zero-order valence-corrected chi connectivity index (χ0v) is 20.8. The van der Waals surface area contributed by atoms with Crippen LogP contribution in [0.4, 0.5) is 0 Å². The van der Waals surface area contributed by atoms with Crippen molar-refractivity contribution in [2.24, 2.45) is 0 Å². The van der Waals surface area contributed by atoms with E-state index in [0.717, 1.165) is 25.2 Å². The summed E-state index contributed by atoms with van der Waals surface area (Å²) in [5, 5.41) is 3.22. The molecule has 4 rings (SSSR count). The van der Waals surface area contributed by atoms with E-state index in [1.54, 1.807) is 6.08 Å². The average molecular weight is 482 g/mol. The largest absolute Gasteiger partial charge is 0.311 e. The van der Waals surface area contributed by atoms with E-state index in [2.05, 4.69) is 57.4 Å². The summed E-state index contributed by atoms with van der Waals surface area (Å²) in [6, 6.07) is 20.1. The zero-order valence-electron chi connectivity index (χ0n) is 20.0. The molecule has 1 saturated carbocycles. The van der Waals surface area contributed by atoms with E-state index in [4.69, 9.17) is 0 Å². The van der Waals surface area contributed by atoms with E-state index >= 15 is 0 Å². The molecule has 2 atom stereocenters. The first-order chi connectivity index (χ1) is 16.3. The summed E-state index contributed by atoms with van der Waals surface area (Å²) in [5.41, 5.74) is 3.56. The maximum absolute atomic E-state index is 11.9. The van der Waals surface area contributed by atoms with Gasteiger partial charge in [0, 0.05) is 30.6 Å². The van der Waals surface area contributed by atoms with Crippen LogP contribution < -0.4 is 10.0 Å². The number of carbonyl (C=O) groups excluding carboxylic acids is 1. The zero-order chi connectivity index (χ0) is 24.1. The molecule has 182 valence electrons. The summed E-state index contributed by atoms with van der Waals surface area (Å²) < 4.78 is 25.6. The molecule has 1 amide bonds. The lowest BCUT2D eigenvalue weighted by molar-refractivity contribution is -0.114. The van der Waals surface area contributed by atoms with Crippen molar-refractivity contribution in [3.8, 4) is 0 Å². The summed E-state index contributed by atoms with van der Waals surface area (Å²) in [6.45, 7) is 6.16. The molecule has 2 fully saturated rings. The fourth-order valence-electron chi connectivity index (χ4n) is 4.46. The predicted molar refractivity (Wildman–Crippen MR) is 137 cm³/mol. The molecule has 0 spiro atoms. The average Bonchev–Trinajstić information content (AvgIpc) is 3.59. The van der Waals surface area contributed by atoms with Crippen LogP contribution in [0.3, 0.4) is 0 Å². The molecule has 1 saturated heterocycles. The third-order valence-corrected chi connectivity index (χ3v) is 8.46. The first-order valence-electron chi connectivity index (χ1n) is 12.2. The quantitative estimate of drug-likeness (QED) is 0.535. The van der Waals surface area contributed by atoms with Gasteiger partial charge in [0.25, 0.3) is 5.91 Å². The molecule has 34 heavy (non-hydrogen) atoms. The van der Waals surface area contributed by atoms with Crippen molar-refractivity contribution in [3.05, 3.63) is 77.4 Å². The summed E-state index contributed by atoms with van der Waals surface area (Å²) >= 11 is 0. The molecule has 2 N–H and O–H groups in total. The summed E-state index contributed by atoms with van der Waals surface area (Å²) in [4.78, 5) is 14.4. The highest BCUT2D eigenvalue weighted by Crippen LogP contribution is 2.41. The Kier molecular flexibility index (Phi) is 7.86. The van der Waals surface area contributed by atoms with Gasteiger partial charge in [0.2, 0.25) is 10.0 Å². The monoisotopic (exact) mass is 481 g/mol. The maximum Gasteiger partial charge on any atom is 0.257 e. The van der Waals surface area contributed by atoms with E-state index in [0.29, 0.717) is 18.0 Å². The lowest BCUT2D eigenvalue weighted by Gasteiger charge is -2.32. The van der Waals surface area contributed by atoms with Gasteiger partial charge in [0.15, 0.2) is 0 Å². The fourth-order valence-corrected chi connectivity index (χ4v) is 5.05. The highest BCUT2D eigenvalue weighted by Gasteiger charge is 2.39. The predicted octanol–water partition coefficient (Wildman–Crippen LogP) is 3.66. The van der Waals surface area contributed by atoms with Crippen molar-refractivity contribution < 1.29 is 13.2 Å². The van der Waals surface area contributed by atoms with Gasteiger partial charge in [-0.05, 0) is 69.0 Å². The Hall–Kier alpha value is -2.48. The van der Waals surface area contributed by atoms with Crippen LogP contribution in [0.1, 0.15) is 55.7 Å². The molecule has 2 aliphatic rings. The van der Waals surface area contributed by atoms with Gasteiger partial charge in [-0.15, -0.1) is 0 Å². The second-order valence-corrected chi connectivity index (χ2v) is 11.9. The number of benzene rings is 2. The molecule has 0 aromatic heterocycles. The Balaban J connectivity index is 1.19. The van der Waals surface area contributed by atoms with Gasteiger partial charge in [-0.3, -0.25) is 9.69 Å². The molecule has 1 aliphatic heterocycles. The third kappa shape index (κ3) is 6.78. The van der Waals surface area contributed by atoms with Crippen LogP contribution in [0.25, 0.3) is 6.08 Å². The standard InChI is InChI=1S/C27H35N3O3S/c1-20(2)34(32,33)29-27(31)13-12-21-8-10-22(11-9-21)19-30-16-14-24(15-17-30)28-26-18-25(26)23-6-4-3-5-7-23/h3-13,20,24-26,28H,14-19H2,1-2H3,(H,29,31)/b13-12+/t25-,26+/m0/s1. The van der Waals surface area contributed by atoms with Crippen molar-refractivity contribution in [3.63, 3.8) is 0 Å². The van der Waals surface area contributed by atoms with Crippen molar-refractivity contribution >= 4 is 22.0 Å². The molecule has 2 aromatic carbocycles. The van der Waals surface area contributed by atoms with Crippen LogP contribution >= 0.6 is 0 Å². The number of nitrogens with zero attached hydrogens (tertiary/aromatic N) is 1. The first-order valence-corrected chi connectivity index (χ1v) is 13.7. The molecule has 1 aliphatic carbocycles. The van der Waals surface area contributed by atoms with E-state index < -0.39 is 21.2 Å². The molecule has 1 heterocycles. The Bertz CT molecular complexity index is 1090. The maximum atomic E-state index is 11.9. The van der Waals surface area contributed by atoms with Crippen LogP contribution in [0.5, 0.6) is 0 Å². The SMILES string of the molecule is CC(C)S(=O)(=O)NC(=O)/C=C/c1ccc(CN2CCC(N[C@@H]3C[C@H]3c3ccccc3)CC2)cc1. The Morgan fingerprint density at radius 3 is 2.38 bits per heavy atom. The number of piperidine rings is 1. The second-order valence-electron chi connectivity index (χ2n) is 9.71. The van der Waals surface area contributed by atoms with Crippen molar-refractivity contribution in [1.29, 1.82) is 0 Å². The van der Waals surface area contributed by atoms with E-state index in [1.807, 2.05) is 12.1 Å². The van der Waals surface area contributed by atoms with Gasteiger partial charge in [0.1, 0.15) is 0 Å². The summed E-state index contributed by atoms with van der Waals surface area (Å²) in [7, 11) is -3.61. The number of amides is 1. The van der Waals surface area contributed by atoms with Crippen molar-refractivity contribution in [2.45, 2.75) is 62.9 Å². The number of carbonyl (C=O) groups is 1. The van der Waals surface area contributed by atoms with Crippen LogP contribution in [0.2, 0.25) is 0 Å². The summed E-state index contributed by atoms with van der Waals surface area (Å²) in [5.74, 6) is 0.0491. The normalized spacial score (nSPS) is 21.7. The Labute approximate surface area is 203 Å². The topological polar surface area (TPSA) is 78.5 Å². The first kappa shape index (κ1) is 24.6. The number of hydrogen-bond donors (Lipinski definition) is 2. The lowest BCUT2D eigenvalue weighted by Crippen LogP contribution is -2.43. The number of likely N-dealkylation sites (tertiary alicyclic amines) is 1. The molecule has 6 nitrogen and oxygen atoms in total. The van der Waals surface area contributed by atoms with Gasteiger partial charge < -0.3 is 5.32 Å². The van der Waals surface area contributed by atoms with E-state index in [1.165, 1.54) is 50.3 Å².